The zero-order valence-corrected chi connectivity index (χ0v) is 17.2. The van der Waals surface area contributed by atoms with Gasteiger partial charge in [-0.15, -0.1) is 0 Å². The number of aromatic nitrogens is 3. The number of rotatable bonds is 4. The molecule has 1 aromatic carbocycles. The van der Waals surface area contributed by atoms with Crippen molar-refractivity contribution in [2.45, 2.75) is 28.1 Å². The molecule has 3 aromatic rings. The number of pyridine rings is 1. The van der Waals surface area contributed by atoms with Gasteiger partial charge < -0.3 is 4.57 Å². The van der Waals surface area contributed by atoms with E-state index in [0.717, 1.165) is 28.8 Å². The Morgan fingerprint density at radius 1 is 1.11 bits per heavy atom. The third kappa shape index (κ3) is 3.03. The lowest BCUT2D eigenvalue weighted by molar-refractivity contribution is 0.447. The fourth-order valence-corrected chi connectivity index (χ4v) is 7.67. The number of thioether (sulfide) groups is 1. The molecule has 0 amide bonds. The fourth-order valence-electron chi connectivity index (χ4n) is 4.57. The van der Waals surface area contributed by atoms with Crippen molar-refractivity contribution in [2.75, 3.05) is 13.1 Å². The van der Waals surface area contributed by atoms with Crippen LogP contribution in [0.1, 0.15) is 12.8 Å². The van der Waals surface area contributed by atoms with Gasteiger partial charge in [0.05, 0.1) is 4.90 Å². The molecular formula is C20H22N4O2S2. The zero-order chi connectivity index (χ0) is 19.3. The van der Waals surface area contributed by atoms with Gasteiger partial charge in [-0.2, -0.15) is 4.31 Å². The molecule has 0 unspecified atom stereocenters. The first-order valence-corrected chi connectivity index (χ1v) is 11.8. The van der Waals surface area contributed by atoms with Gasteiger partial charge in [0.25, 0.3) is 0 Å². The lowest BCUT2D eigenvalue weighted by Crippen LogP contribution is -2.30. The Balaban J connectivity index is 1.34. The molecule has 2 fully saturated rings. The second kappa shape index (κ2) is 6.86. The highest BCUT2D eigenvalue weighted by molar-refractivity contribution is 7.99. The SMILES string of the molecule is Cn1ccnc1S[C@H]1C[C@@H]2CN(S(=O)(=O)c3cccc4cnccc34)C[C@@H]2C1. The van der Waals surface area contributed by atoms with Gasteiger partial charge in [-0.05, 0) is 36.8 Å². The van der Waals surface area contributed by atoms with Gasteiger partial charge in [-0.25, -0.2) is 13.4 Å². The summed E-state index contributed by atoms with van der Waals surface area (Å²) in [7, 11) is -1.49. The number of fused-ring (bicyclic) bond motifs is 2. The van der Waals surface area contributed by atoms with Crippen LogP contribution in [0.15, 0.2) is 59.1 Å². The van der Waals surface area contributed by atoms with Crippen LogP contribution >= 0.6 is 11.8 Å². The summed E-state index contributed by atoms with van der Waals surface area (Å²) in [5.41, 5.74) is 0. The van der Waals surface area contributed by atoms with E-state index in [1.807, 2.05) is 41.8 Å². The molecule has 2 aromatic heterocycles. The van der Waals surface area contributed by atoms with Crippen LogP contribution < -0.4 is 0 Å². The van der Waals surface area contributed by atoms with Crippen molar-refractivity contribution in [3.8, 4) is 0 Å². The van der Waals surface area contributed by atoms with Crippen LogP contribution in [0.25, 0.3) is 10.8 Å². The smallest absolute Gasteiger partial charge is 0.243 e. The molecule has 146 valence electrons. The van der Waals surface area contributed by atoms with Gasteiger partial charge in [0, 0.05) is 60.9 Å². The molecule has 8 heteroatoms. The highest BCUT2D eigenvalue weighted by Crippen LogP contribution is 2.46. The molecule has 3 atom stereocenters. The lowest BCUT2D eigenvalue weighted by atomic mass is 10.0. The summed E-state index contributed by atoms with van der Waals surface area (Å²) < 4.78 is 30.4. The summed E-state index contributed by atoms with van der Waals surface area (Å²) in [5, 5.41) is 3.16. The molecule has 0 spiro atoms. The monoisotopic (exact) mass is 414 g/mol. The van der Waals surface area contributed by atoms with Crippen molar-refractivity contribution in [1.29, 1.82) is 0 Å². The molecule has 3 heterocycles. The van der Waals surface area contributed by atoms with Gasteiger partial charge in [-0.3, -0.25) is 4.98 Å². The number of benzene rings is 1. The van der Waals surface area contributed by atoms with Crippen molar-refractivity contribution in [2.24, 2.45) is 18.9 Å². The van der Waals surface area contributed by atoms with E-state index in [0.29, 0.717) is 35.1 Å². The van der Waals surface area contributed by atoms with E-state index in [1.54, 1.807) is 34.9 Å². The molecule has 1 aliphatic carbocycles. The molecule has 5 rings (SSSR count). The first kappa shape index (κ1) is 18.1. The number of sulfonamides is 1. The van der Waals surface area contributed by atoms with Crippen LogP contribution in [0.3, 0.4) is 0 Å². The van der Waals surface area contributed by atoms with Crippen LogP contribution in [0.4, 0.5) is 0 Å². The Hall–Kier alpha value is -1.90. The average Bonchev–Trinajstić information content (AvgIpc) is 3.37. The van der Waals surface area contributed by atoms with Crippen LogP contribution in [-0.4, -0.2) is 45.6 Å². The fraction of sp³-hybridized carbons (Fsp3) is 0.400. The molecular weight excluding hydrogens is 392 g/mol. The Labute approximate surface area is 169 Å². The minimum atomic E-state index is -3.50. The zero-order valence-electron chi connectivity index (χ0n) is 15.6. The van der Waals surface area contributed by atoms with E-state index in [2.05, 4.69) is 9.97 Å². The maximum absolute atomic E-state index is 13.3. The number of imidazole rings is 1. The first-order chi connectivity index (χ1) is 13.5. The Kier molecular flexibility index (Phi) is 4.45. The Morgan fingerprint density at radius 3 is 2.61 bits per heavy atom. The van der Waals surface area contributed by atoms with Crippen LogP contribution in [-0.2, 0) is 17.1 Å². The number of hydrogen-bond acceptors (Lipinski definition) is 5. The maximum atomic E-state index is 13.3. The van der Waals surface area contributed by atoms with E-state index in [-0.39, 0.29) is 0 Å². The molecule has 6 nitrogen and oxygen atoms in total. The molecule has 0 bridgehead atoms. The molecule has 1 saturated carbocycles. The summed E-state index contributed by atoms with van der Waals surface area (Å²) in [6, 6.07) is 7.21. The lowest BCUT2D eigenvalue weighted by Gasteiger charge is -2.20. The molecule has 1 aliphatic heterocycles. The van der Waals surface area contributed by atoms with Gasteiger partial charge in [0.15, 0.2) is 5.16 Å². The molecule has 0 N–H and O–H groups in total. The third-order valence-electron chi connectivity index (χ3n) is 5.98. The van der Waals surface area contributed by atoms with Crippen molar-refractivity contribution >= 4 is 32.6 Å². The van der Waals surface area contributed by atoms with Crippen molar-refractivity contribution in [1.82, 2.24) is 18.8 Å². The van der Waals surface area contributed by atoms with Crippen molar-refractivity contribution in [3.63, 3.8) is 0 Å². The second-order valence-corrected chi connectivity index (χ2v) is 10.9. The van der Waals surface area contributed by atoms with Gasteiger partial charge in [0.2, 0.25) is 10.0 Å². The van der Waals surface area contributed by atoms with Gasteiger partial charge in [0.1, 0.15) is 0 Å². The first-order valence-electron chi connectivity index (χ1n) is 9.49. The number of aryl methyl sites for hydroxylation is 1. The maximum Gasteiger partial charge on any atom is 0.243 e. The Bertz CT molecular complexity index is 1110. The van der Waals surface area contributed by atoms with Crippen molar-refractivity contribution < 1.29 is 8.42 Å². The molecule has 2 aliphatic rings. The number of nitrogens with zero attached hydrogens (tertiary/aromatic N) is 4. The predicted octanol–water partition coefficient (Wildman–Crippen LogP) is 3.16. The summed E-state index contributed by atoms with van der Waals surface area (Å²) in [6.45, 7) is 1.23. The Morgan fingerprint density at radius 2 is 1.89 bits per heavy atom. The van der Waals surface area contributed by atoms with E-state index in [1.165, 1.54) is 0 Å². The van der Waals surface area contributed by atoms with E-state index >= 15 is 0 Å². The summed E-state index contributed by atoms with van der Waals surface area (Å²) in [5.74, 6) is 0.869. The third-order valence-corrected chi connectivity index (χ3v) is 9.19. The van der Waals surface area contributed by atoms with Crippen molar-refractivity contribution in [3.05, 3.63) is 49.1 Å². The number of hydrogen-bond donors (Lipinski definition) is 0. The standard InChI is InChI=1S/C20H22N4O2S2/c1-23-8-7-22-20(23)27-17-9-15-12-24(13-16(15)10-17)28(25,26)19-4-2-3-14-11-21-6-5-18(14)19/h2-8,11,15-17H,9-10,12-13H2,1H3/t15-,16+,17+. The van der Waals surface area contributed by atoms with E-state index in [9.17, 15) is 8.42 Å². The van der Waals surface area contributed by atoms with Gasteiger partial charge >= 0.3 is 0 Å². The highest BCUT2D eigenvalue weighted by atomic mass is 32.2. The predicted molar refractivity (Wildman–Crippen MR) is 110 cm³/mol. The minimum absolute atomic E-state index is 0.395. The summed E-state index contributed by atoms with van der Waals surface area (Å²) >= 11 is 1.83. The average molecular weight is 415 g/mol. The van der Waals surface area contributed by atoms with Gasteiger partial charge in [-0.1, -0.05) is 23.9 Å². The highest BCUT2D eigenvalue weighted by Gasteiger charge is 2.45. The van der Waals surface area contributed by atoms with Crippen LogP contribution in [0.2, 0.25) is 0 Å². The molecule has 1 saturated heterocycles. The minimum Gasteiger partial charge on any atom is -0.329 e. The van der Waals surface area contributed by atoms with E-state index in [4.69, 9.17) is 0 Å². The van der Waals surface area contributed by atoms with Crippen LogP contribution in [0.5, 0.6) is 0 Å². The normalized spacial score (nSPS) is 25.4. The largest absolute Gasteiger partial charge is 0.329 e. The second-order valence-electron chi connectivity index (χ2n) is 7.73. The van der Waals surface area contributed by atoms with Crippen LogP contribution in [0, 0.1) is 11.8 Å². The van der Waals surface area contributed by atoms with E-state index < -0.39 is 10.0 Å². The molecule has 28 heavy (non-hydrogen) atoms. The summed E-state index contributed by atoms with van der Waals surface area (Å²) in [4.78, 5) is 8.91. The summed E-state index contributed by atoms with van der Waals surface area (Å²) in [6.07, 6.45) is 9.26. The quantitative estimate of drug-likeness (QED) is 0.656. The topological polar surface area (TPSA) is 68.1 Å². The molecule has 0 radical (unpaired) electrons.